The van der Waals surface area contributed by atoms with Crippen molar-refractivity contribution in [1.82, 2.24) is 0 Å². The number of ether oxygens (including phenoxy) is 1. The summed E-state index contributed by atoms with van der Waals surface area (Å²) < 4.78 is 6.69. The van der Waals surface area contributed by atoms with Crippen LogP contribution in [0.1, 0.15) is 115 Å². The summed E-state index contributed by atoms with van der Waals surface area (Å²) in [5.74, 6) is 3.76. The van der Waals surface area contributed by atoms with Crippen molar-refractivity contribution < 1.29 is 4.74 Å². The Balaban J connectivity index is 0.997. The van der Waals surface area contributed by atoms with Crippen LogP contribution in [0.5, 0.6) is 11.5 Å². The van der Waals surface area contributed by atoms with E-state index in [4.69, 9.17) is 4.74 Å². The minimum atomic E-state index is -0.669. The summed E-state index contributed by atoms with van der Waals surface area (Å²) >= 11 is 0. The van der Waals surface area contributed by atoms with Gasteiger partial charge in [-0.05, 0) is 180 Å². The van der Waals surface area contributed by atoms with Crippen molar-refractivity contribution in [1.29, 1.82) is 0 Å². The normalized spacial score (nSPS) is 15.0. The van der Waals surface area contributed by atoms with Gasteiger partial charge in [0.25, 0.3) is 0 Å². The van der Waals surface area contributed by atoms with Gasteiger partial charge in [0.2, 0.25) is 0 Å². The van der Waals surface area contributed by atoms with E-state index >= 15 is 0 Å². The van der Waals surface area contributed by atoms with E-state index in [0.29, 0.717) is 23.7 Å². The lowest BCUT2D eigenvalue weighted by Gasteiger charge is -2.36. The van der Waals surface area contributed by atoms with Crippen LogP contribution in [0.25, 0.3) is 33.4 Å². The van der Waals surface area contributed by atoms with Crippen molar-refractivity contribution in [2.45, 2.75) is 70.6 Å². The zero-order valence-electron chi connectivity index (χ0n) is 47.4. The Kier molecular flexibility index (Phi) is 13.5. The van der Waals surface area contributed by atoms with E-state index in [0.717, 1.165) is 28.6 Å². The molecule has 2 atom stereocenters. The highest BCUT2D eigenvalue weighted by Crippen LogP contribution is 2.60. The monoisotopic (exact) mass is 1050 g/mol. The van der Waals surface area contributed by atoms with Gasteiger partial charge >= 0.3 is 0 Å². The topological polar surface area (TPSA) is 12.5 Å². The predicted octanol–water partition coefficient (Wildman–Crippen LogP) is 21.3. The molecule has 0 saturated heterocycles. The van der Waals surface area contributed by atoms with Gasteiger partial charge in [0, 0.05) is 17.1 Å². The molecule has 2 aliphatic carbocycles. The molecule has 0 aromatic heterocycles. The summed E-state index contributed by atoms with van der Waals surface area (Å²) in [6, 6.07) is 102. The molecule has 0 amide bonds. The molecule has 0 fully saturated rings. The van der Waals surface area contributed by atoms with Crippen LogP contribution in [0.3, 0.4) is 0 Å². The fourth-order valence-electron chi connectivity index (χ4n) is 13.8. The molecule has 0 heterocycles. The standard InChI is InChI=1S/C79H69NO/c1-53(2)50-73(55(5)6)59-34-44-67(45-35-59)81-68-46-38-63(39-47-68)79(62-36-30-56(31-37-62)54(3)4)75-29-19-17-27-70(75)72-49-43-66(52-77(72)79)80(64-40-32-58(33-41-64)57-20-10-7-11-21-57)65-42-48-71-69-26-16-18-28-74(69)78(76(71)51-65,60-22-12-8-13-23-60)61-24-14-9-15-25-61/h7-49,51-55,73H,50H2,1-6H3. The molecule has 13 rings (SSSR count). The van der Waals surface area contributed by atoms with Gasteiger partial charge in [-0.1, -0.05) is 254 Å². The van der Waals surface area contributed by atoms with E-state index in [1.807, 2.05) is 0 Å². The third-order valence-electron chi connectivity index (χ3n) is 17.6. The molecule has 0 N–H and O–H groups in total. The van der Waals surface area contributed by atoms with Crippen LogP contribution in [-0.4, -0.2) is 0 Å². The number of hydrogen-bond donors (Lipinski definition) is 0. The molecule has 11 aromatic carbocycles. The Morgan fingerprint density at radius 3 is 1.19 bits per heavy atom. The van der Waals surface area contributed by atoms with Crippen molar-refractivity contribution in [3.05, 3.63) is 329 Å². The first-order chi connectivity index (χ1) is 39.6. The molecule has 0 saturated carbocycles. The summed E-state index contributed by atoms with van der Waals surface area (Å²) in [7, 11) is 0. The molecule has 0 aliphatic heterocycles. The van der Waals surface area contributed by atoms with Crippen LogP contribution in [0.4, 0.5) is 17.1 Å². The van der Waals surface area contributed by atoms with E-state index < -0.39 is 10.8 Å². The lowest BCUT2D eigenvalue weighted by molar-refractivity contribution is 0.407. The molecular formula is C79H69NO. The summed E-state index contributed by atoms with van der Waals surface area (Å²) in [6.45, 7) is 13.9. The lowest BCUT2D eigenvalue weighted by atomic mass is 9.67. The van der Waals surface area contributed by atoms with Gasteiger partial charge < -0.3 is 9.64 Å². The van der Waals surface area contributed by atoms with Gasteiger partial charge in [-0.15, -0.1) is 0 Å². The maximum atomic E-state index is 6.69. The van der Waals surface area contributed by atoms with Crippen LogP contribution < -0.4 is 9.64 Å². The first kappa shape index (κ1) is 51.5. The van der Waals surface area contributed by atoms with E-state index in [2.05, 4.69) is 319 Å². The molecule has 0 spiro atoms. The van der Waals surface area contributed by atoms with Crippen LogP contribution in [-0.2, 0) is 10.8 Å². The number of nitrogens with zero attached hydrogens (tertiary/aromatic N) is 1. The highest BCUT2D eigenvalue weighted by Gasteiger charge is 2.48. The molecule has 2 unspecified atom stereocenters. The van der Waals surface area contributed by atoms with Crippen LogP contribution in [0.2, 0.25) is 0 Å². The summed E-state index contributed by atoms with van der Waals surface area (Å²) in [5, 5.41) is 0. The fourth-order valence-corrected chi connectivity index (χ4v) is 13.8. The van der Waals surface area contributed by atoms with Crippen molar-refractivity contribution in [2.75, 3.05) is 4.90 Å². The van der Waals surface area contributed by atoms with Crippen molar-refractivity contribution >= 4 is 17.1 Å². The quantitative estimate of drug-likeness (QED) is 0.101. The Hall–Kier alpha value is -8.98. The summed E-state index contributed by atoms with van der Waals surface area (Å²) in [5.41, 5.74) is 22.0. The first-order valence-corrected chi connectivity index (χ1v) is 29.2. The van der Waals surface area contributed by atoms with E-state index in [-0.39, 0.29) is 0 Å². The number of fused-ring (bicyclic) bond motifs is 6. The van der Waals surface area contributed by atoms with Crippen molar-refractivity contribution in [2.24, 2.45) is 11.8 Å². The molecule has 2 heteroatoms. The summed E-state index contributed by atoms with van der Waals surface area (Å²) in [4.78, 5) is 2.49. The number of anilines is 3. The fraction of sp³-hybridized carbons (Fsp3) is 0.165. The van der Waals surface area contributed by atoms with E-state index in [1.165, 1.54) is 95.4 Å². The number of rotatable bonds is 15. The van der Waals surface area contributed by atoms with Gasteiger partial charge in [-0.25, -0.2) is 0 Å². The first-order valence-electron chi connectivity index (χ1n) is 29.2. The third-order valence-corrected chi connectivity index (χ3v) is 17.6. The highest BCUT2D eigenvalue weighted by molar-refractivity contribution is 5.92. The van der Waals surface area contributed by atoms with Crippen LogP contribution in [0, 0.1) is 11.8 Å². The van der Waals surface area contributed by atoms with Crippen molar-refractivity contribution in [3.63, 3.8) is 0 Å². The van der Waals surface area contributed by atoms with Gasteiger partial charge in [0.15, 0.2) is 0 Å². The Labute approximate surface area is 480 Å². The van der Waals surface area contributed by atoms with Crippen molar-refractivity contribution in [3.8, 4) is 44.9 Å². The minimum absolute atomic E-state index is 0.395. The van der Waals surface area contributed by atoms with E-state index in [9.17, 15) is 0 Å². The zero-order chi connectivity index (χ0) is 55.2. The third kappa shape index (κ3) is 8.90. The molecule has 81 heavy (non-hydrogen) atoms. The van der Waals surface area contributed by atoms with E-state index in [1.54, 1.807) is 0 Å². The predicted molar refractivity (Wildman–Crippen MR) is 339 cm³/mol. The largest absolute Gasteiger partial charge is 0.457 e. The summed E-state index contributed by atoms with van der Waals surface area (Å²) in [6.07, 6.45) is 1.17. The molecule has 396 valence electrons. The maximum absolute atomic E-state index is 6.69. The molecule has 0 radical (unpaired) electrons. The Morgan fingerprint density at radius 2 is 0.716 bits per heavy atom. The second kappa shape index (κ2) is 21.2. The lowest BCUT2D eigenvalue weighted by Crippen LogP contribution is -2.29. The number of hydrogen-bond acceptors (Lipinski definition) is 2. The average molecular weight is 1050 g/mol. The molecule has 0 bridgehead atoms. The second-order valence-corrected chi connectivity index (χ2v) is 23.5. The van der Waals surface area contributed by atoms with Gasteiger partial charge in [0.05, 0.1) is 10.8 Å². The van der Waals surface area contributed by atoms with Crippen LogP contribution in [0.15, 0.2) is 273 Å². The van der Waals surface area contributed by atoms with Gasteiger partial charge in [0.1, 0.15) is 11.5 Å². The van der Waals surface area contributed by atoms with Gasteiger partial charge in [-0.2, -0.15) is 0 Å². The maximum Gasteiger partial charge on any atom is 0.127 e. The average Bonchev–Trinajstić information content (AvgIpc) is 2.43. The van der Waals surface area contributed by atoms with Crippen LogP contribution >= 0.6 is 0 Å². The minimum Gasteiger partial charge on any atom is -0.457 e. The zero-order valence-corrected chi connectivity index (χ0v) is 47.4. The smallest absolute Gasteiger partial charge is 0.127 e. The number of benzene rings is 11. The highest BCUT2D eigenvalue weighted by atomic mass is 16.5. The Bertz CT molecular complexity index is 3950. The Morgan fingerprint density at radius 1 is 0.333 bits per heavy atom. The van der Waals surface area contributed by atoms with Gasteiger partial charge in [-0.3, -0.25) is 0 Å². The molecule has 2 nitrogen and oxygen atoms in total. The molecular weight excluding hydrogens is 979 g/mol. The molecule has 2 aliphatic rings. The molecule has 11 aromatic rings. The second-order valence-electron chi connectivity index (χ2n) is 23.5. The SMILES string of the molecule is CC(C)CC(c1ccc(Oc2ccc(C3(c4ccc(C(C)C)cc4)c4ccccc4-c4ccc(N(c5ccc(-c6ccccc6)cc5)c5ccc6c(c5)C(c5ccccc5)(c5ccccc5)c5ccccc5-6)cc43)cc2)cc1)C(C)C.